The first-order chi connectivity index (χ1) is 38.0. The van der Waals surface area contributed by atoms with Crippen LogP contribution in [-0.2, 0) is 90.7 Å². The lowest BCUT2D eigenvalue weighted by atomic mass is 9.81. The Hall–Kier alpha value is -7.53. The number of fused-ring (bicyclic) bond motifs is 5. The summed E-state index contributed by atoms with van der Waals surface area (Å²) < 4.78 is 31.8. The second kappa shape index (κ2) is 24.5. The Morgan fingerprint density at radius 3 is 2.36 bits per heavy atom. The zero-order chi connectivity index (χ0) is 57.7. The van der Waals surface area contributed by atoms with Gasteiger partial charge in [-0.25, -0.2) is 14.6 Å². The normalized spacial score (nSPS) is 19.1. The van der Waals surface area contributed by atoms with E-state index in [2.05, 4.69) is 26.3 Å². The van der Waals surface area contributed by atoms with Crippen LogP contribution < -0.4 is 21.5 Å². The quantitative estimate of drug-likeness (QED) is 0.0478. The molecule has 0 bridgehead atoms. The van der Waals surface area contributed by atoms with Gasteiger partial charge in [0.1, 0.15) is 37.9 Å². The van der Waals surface area contributed by atoms with Crippen LogP contribution in [-0.4, -0.2) is 126 Å². The van der Waals surface area contributed by atoms with Gasteiger partial charge in [0, 0.05) is 59.8 Å². The van der Waals surface area contributed by atoms with Crippen LogP contribution in [0.2, 0.25) is 0 Å². The van der Waals surface area contributed by atoms with Crippen molar-refractivity contribution in [2.75, 3.05) is 33.0 Å². The number of pyridine rings is 2. The Kier molecular flexibility index (Phi) is 17.9. The number of aromatic nitrogens is 5. The third-order valence-corrected chi connectivity index (χ3v) is 15.6. The van der Waals surface area contributed by atoms with Crippen molar-refractivity contribution in [2.45, 2.75) is 156 Å². The molecule has 5 amide bonds. The smallest absolute Gasteiger partial charge is 0.508 e. The molecule has 6 heterocycles. The molecule has 4 aliphatic rings. The zero-order valence-corrected chi connectivity index (χ0v) is 46.8. The average molecular weight is 1110 g/mol. The van der Waals surface area contributed by atoms with E-state index < -0.39 is 65.5 Å². The summed E-state index contributed by atoms with van der Waals surface area (Å²) in [6.07, 6.45) is 7.63. The van der Waals surface area contributed by atoms with Gasteiger partial charge in [0.25, 0.3) is 17.4 Å². The van der Waals surface area contributed by atoms with E-state index in [1.807, 2.05) is 34.6 Å². The van der Waals surface area contributed by atoms with Gasteiger partial charge in [0.05, 0.1) is 53.4 Å². The van der Waals surface area contributed by atoms with Crippen molar-refractivity contribution in [3.63, 3.8) is 0 Å². The fourth-order valence-electron chi connectivity index (χ4n) is 10.8. The summed E-state index contributed by atoms with van der Waals surface area (Å²) in [4.78, 5) is 110. The first-order valence-corrected chi connectivity index (χ1v) is 27.5. The molecule has 1 aliphatic carbocycles. The molecule has 430 valence electrons. The number of imide groups is 1. The van der Waals surface area contributed by atoms with E-state index >= 15 is 0 Å². The number of aryl methyl sites for hydroxylation is 2. The van der Waals surface area contributed by atoms with Crippen LogP contribution in [0.4, 0.5) is 4.79 Å². The van der Waals surface area contributed by atoms with Gasteiger partial charge in [0.15, 0.2) is 0 Å². The summed E-state index contributed by atoms with van der Waals surface area (Å²) in [6, 6.07) is 5.83. The zero-order valence-electron chi connectivity index (χ0n) is 46.8. The molecule has 2 atom stereocenters. The molecule has 0 saturated heterocycles. The molecule has 4 aromatic rings. The lowest BCUT2D eigenvalue weighted by molar-refractivity contribution is -0.175. The van der Waals surface area contributed by atoms with E-state index in [1.54, 1.807) is 60.5 Å². The number of carbonyl (C=O) groups is 7. The summed E-state index contributed by atoms with van der Waals surface area (Å²) in [6.45, 7) is 15.0. The second-order valence-electron chi connectivity index (χ2n) is 22.7. The number of ether oxygens (including phenoxy) is 5. The number of benzene rings is 1. The molecule has 1 saturated carbocycles. The highest BCUT2D eigenvalue weighted by Gasteiger charge is 2.51. The number of hydrogen-bond acceptors (Lipinski definition) is 17. The number of cyclic esters (lactones) is 1. The lowest BCUT2D eigenvalue weighted by Crippen LogP contribution is -2.48. The van der Waals surface area contributed by atoms with Gasteiger partial charge in [-0.3, -0.25) is 38.3 Å². The van der Waals surface area contributed by atoms with E-state index in [9.17, 15) is 43.5 Å². The highest BCUT2D eigenvalue weighted by atomic mass is 16.7. The van der Waals surface area contributed by atoms with Gasteiger partial charge in [-0.15, -0.1) is 5.10 Å². The van der Waals surface area contributed by atoms with Crippen molar-refractivity contribution in [3.05, 3.63) is 80.9 Å². The van der Waals surface area contributed by atoms with Crippen LogP contribution in [0.25, 0.3) is 22.3 Å². The van der Waals surface area contributed by atoms with Crippen molar-refractivity contribution < 1.29 is 62.4 Å². The van der Waals surface area contributed by atoms with Crippen LogP contribution in [0, 0.1) is 17.8 Å². The van der Waals surface area contributed by atoms with E-state index in [-0.39, 0.29) is 85.1 Å². The van der Waals surface area contributed by atoms with Gasteiger partial charge in [-0.1, -0.05) is 32.9 Å². The molecule has 8 rings (SSSR count). The molecule has 2 unspecified atom stereocenters. The molecule has 23 heteroatoms. The van der Waals surface area contributed by atoms with Crippen molar-refractivity contribution in [2.24, 2.45) is 17.8 Å². The highest BCUT2D eigenvalue weighted by molar-refractivity contribution is 6.12. The van der Waals surface area contributed by atoms with E-state index in [4.69, 9.17) is 28.7 Å². The molecule has 0 radical (unpaired) electrons. The lowest BCUT2D eigenvalue weighted by Gasteiger charge is -2.35. The van der Waals surface area contributed by atoms with Crippen molar-refractivity contribution >= 4 is 52.6 Å². The predicted octanol–water partition coefficient (Wildman–Crippen LogP) is 4.78. The average Bonchev–Trinajstić information content (AvgIpc) is 4.17. The molecule has 3 aromatic heterocycles. The topological polar surface area (TPSA) is 291 Å². The first-order valence-electron chi connectivity index (χ1n) is 27.5. The number of aromatic hydroxyl groups is 1. The van der Waals surface area contributed by atoms with Gasteiger partial charge in [-0.05, 0) is 121 Å². The SMILES string of the molecule is CCc1c2c(nc3ccc(O)cc13)-c1cc3c(c(=O)n1C2)COC(=O)C3(CC)OC(=O)OCC(NC(=O)COCC(=O)NC(C)(C)CCOC(C)(C)CCn1cc(CNC(=O)C2CCC(CN3C(=O)C=CC3=O)CC2)nn1)C(C)C. The van der Waals surface area contributed by atoms with Crippen LogP contribution >= 0.6 is 0 Å². The Balaban J connectivity index is 0.736. The summed E-state index contributed by atoms with van der Waals surface area (Å²) in [5.41, 5.74) is 0.645. The standard InChI is InChI=1S/C57H73N9O14/c1-9-38-39-23-37(67)15-16-43(39)60-50-40(38)28-65-45(50)24-42-41(52(65)73)29-77-53(74)57(42,10-2)80-54(75)78-30-44(33(3)4)59-46(68)31-76-32-47(69)61-55(5,6)20-22-79-56(7,8)19-21-64-27-36(62-63-64)25-58-51(72)35-13-11-34(12-14-35)26-66-48(70)17-18-49(66)71/h15-18,23-24,27,33-35,44,67H,9-14,19-22,25-26,28-32H2,1-8H3,(H,58,72)(H,59,68)(H,61,69). The number of nitrogens with one attached hydrogen (secondary N) is 3. The molecular weight excluding hydrogens is 1030 g/mol. The Labute approximate surface area is 463 Å². The number of hydrogen-bond donors (Lipinski definition) is 4. The summed E-state index contributed by atoms with van der Waals surface area (Å²) >= 11 is 0. The van der Waals surface area contributed by atoms with Crippen molar-refractivity contribution in [1.82, 2.24) is 45.4 Å². The third kappa shape index (κ3) is 13.4. The third-order valence-electron chi connectivity index (χ3n) is 15.6. The minimum absolute atomic E-state index is 0.0502. The van der Waals surface area contributed by atoms with Gasteiger partial charge < -0.3 is 49.3 Å². The molecule has 1 aromatic carbocycles. The minimum atomic E-state index is -2.02. The number of amides is 5. The van der Waals surface area contributed by atoms with Crippen LogP contribution in [0.1, 0.15) is 128 Å². The fourth-order valence-corrected chi connectivity index (χ4v) is 10.8. The number of carbonyl (C=O) groups excluding carboxylic acids is 7. The van der Waals surface area contributed by atoms with E-state index in [0.717, 1.165) is 29.4 Å². The first kappa shape index (κ1) is 58.6. The summed E-state index contributed by atoms with van der Waals surface area (Å²) in [7, 11) is 0. The van der Waals surface area contributed by atoms with Crippen LogP contribution in [0.3, 0.4) is 0 Å². The molecule has 3 aliphatic heterocycles. The van der Waals surface area contributed by atoms with Crippen LogP contribution in [0.15, 0.2) is 47.4 Å². The monoisotopic (exact) mass is 1110 g/mol. The number of rotatable bonds is 24. The summed E-state index contributed by atoms with van der Waals surface area (Å²) in [5, 5.41) is 28.1. The maximum absolute atomic E-state index is 14.1. The van der Waals surface area contributed by atoms with Gasteiger partial charge >= 0.3 is 12.1 Å². The predicted molar refractivity (Wildman–Crippen MR) is 288 cm³/mol. The van der Waals surface area contributed by atoms with Crippen LogP contribution in [0.5, 0.6) is 5.75 Å². The number of nitrogens with zero attached hydrogens (tertiary/aromatic N) is 6. The Bertz CT molecular complexity index is 3120. The highest BCUT2D eigenvalue weighted by Crippen LogP contribution is 2.43. The maximum atomic E-state index is 14.1. The van der Waals surface area contributed by atoms with E-state index in [0.29, 0.717) is 74.4 Å². The minimum Gasteiger partial charge on any atom is -0.508 e. The fraction of sp³-hybridized carbons (Fsp3) is 0.561. The molecule has 0 spiro atoms. The number of phenolic OH excluding ortho intramolecular Hbond substituents is 1. The maximum Gasteiger partial charge on any atom is 0.509 e. The molecule has 23 nitrogen and oxygen atoms in total. The Morgan fingerprint density at radius 2 is 1.66 bits per heavy atom. The second-order valence-corrected chi connectivity index (χ2v) is 22.7. The molecule has 80 heavy (non-hydrogen) atoms. The number of esters is 1. The molecular formula is C57H73N9O14. The molecule has 4 N–H and O–H groups in total. The van der Waals surface area contributed by atoms with Gasteiger partial charge in [-0.2, -0.15) is 0 Å². The van der Waals surface area contributed by atoms with Crippen molar-refractivity contribution in [1.29, 1.82) is 0 Å². The largest absolute Gasteiger partial charge is 0.509 e. The van der Waals surface area contributed by atoms with E-state index in [1.165, 1.54) is 17.1 Å². The summed E-state index contributed by atoms with van der Waals surface area (Å²) in [5.74, 6) is -2.59. The van der Waals surface area contributed by atoms with Crippen molar-refractivity contribution in [3.8, 4) is 17.1 Å². The van der Waals surface area contributed by atoms with Gasteiger partial charge in [0.2, 0.25) is 23.3 Å². The Morgan fingerprint density at radius 1 is 0.938 bits per heavy atom. The number of phenols is 1. The molecule has 1 fully saturated rings.